The van der Waals surface area contributed by atoms with Gasteiger partial charge in [0.15, 0.2) is 0 Å². The minimum Gasteiger partial charge on any atom is -0.350 e. The van der Waals surface area contributed by atoms with Crippen LogP contribution in [0.4, 0.5) is 4.79 Å². The van der Waals surface area contributed by atoms with Gasteiger partial charge in [-0.3, -0.25) is 4.79 Å². The van der Waals surface area contributed by atoms with Crippen molar-refractivity contribution in [1.82, 2.24) is 5.32 Å². The van der Waals surface area contributed by atoms with Crippen molar-refractivity contribution in [3.63, 3.8) is 0 Å². The molecule has 0 fully saturated rings. The molecule has 0 aliphatic carbocycles. The molecule has 2 nitrogen and oxygen atoms in total. The van der Waals surface area contributed by atoms with Gasteiger partial charge in [-0.05, 0) is 36.4 Å². The number of carbonyl (C=O) groups excluding carboxylic acids is 1. The van der Waals surface area contributed by atoms with Crippen molar-refractivity contribution in [2.45, 2.75) is 11.7 Å². The highest BCUT2D eigenvalue weighted by Gasteiger charge is 2.26. The Balaban J connectivity index is 2.99. The van der Waals surface area contributed by atoms with E-state index in [0.717, 1.165) is 5.56 Å². The number of carbonyl (C=O) groups is 1. The van der Waals surface area contributed by atoms with Crippen LogP contribution in [-0.4, -0.2) is 12.3 Å². The highest BCUT2D eigenvalue weighted by atomic mass is 35.5. The van der Waals surface area contributed by atoms with Gasteiger partial charge in [-0.2, -0.15) is 0 Å². The monoisotopic (exact) mass is 255 g/mol. The van der Waals surface area contributed by atoms with Crippen LogP contribution in [0.1, 0.15) is 12.5 Å². The molecule has 0 bridgehead atoms. The molecule has 0 aliphatic rings. The molecule has 0 unspecified atom stereocenters. The van der Waals surface area contributed by atoms with Gasteiger partial charge < -0.3 is 5.32 Å². The van der Waals surface area contributed by atoms with E-state index in [1.54, 1.807) is 13.1 Å². The first-order valence-electron chi connectivity index (χ1n) is 4.82. The van der Waals surface area contributed by atoms with Crippen LogP contribution in [0.15, 0.2) is 36.9 Å². The number of benzene rings is 1. The predicted molar refractivity (Wildman–Crippen MR) is 71.0 cm³/mol. The van der Waals surface area contributed by atoms with Gasteiger partial charge in [0.1, 0.15) is 0 Å². The number of hydrogen-bond donors (Lipinski definition) is 1. The van der Waals surface area contributed by atoms with E-state index in [1.807, 2.05) is 31.2 Å². The van der Waals surface area contributed by atoms with Crippen LogP contribution in [0.25, 0.3) is 0 Å². The van der Waals surface area contributed by atoms with E-state index in [9.17, 15) is 4.79 Å². The largest absolute Gasteiger partial charge is 0.350 e. The number of thioether (sulfide) groups is 1. The molecule has 0 spiro atoms. The first kappa shape index (κ1) is 13.1. The Morgan fingerprint density at radius 2 is 2.06 bits per heavy atom. The molecular weight excluding hydrogens is 242 g/mol. The number of halogens is 1. The van der Waals surface area contributed by atoms with E-state index in [1.165, 1.54) is 11.8 Å². The summed E-state index contributed by atoms with van der Waals surface area (Å²) in [7, 11) is 1.61. The SMILES string of the molecule is C=C[C@@](C)(SC(=O)NC)c1ccc(Cl)cc1. The third kappa shape index (κ3) is 3.03. The minimum absolute atomic E-state index is 0.0858. The van der Waals surface area contributed by atoms with Crippen molar-refractivity contribution in [3.05, 3.63) is 47.5 Å². The maximum Gasteiger partial charge on any atom is 0.279 e. The van der Waals surface area contributed by atoms with Crippen LogP contribution in [0.3, 0.4) is 0 Å². The number of rotatable bonds is 3. The topological polar surface area (TPSA) is 29.1 Å². The van der Waals surface area contributed by atoms with Crippen LogP contribution in [0, 0.1) is 0 Å². The summed E-state index contributed by atoms with van der Waals surface area (Å²) in [5.41, 5.74) is 1.00. The third-order valence-corrected chi connectivity index (χ3v) is 3.78. The Morgan fingerprint density at radius 3 is 2.50 bits per heavy atom. The van der Waals surface area contributed by atoms with E-state index >= 15 is 0 Å². The highest BCUT2D eigenvalue weighted by molar-refractivity contribution is 8.14. The average Bonchev–Trinajstić information content (AvgIpc) is 2.29. The van der Waals surface area contributed by atoms with Crippen molar-refractivity contribution in [2.24, 2.45) is 0 Å². The van der Waals surface area contributed by atoms with Crippen molar-refractivity contribution < 1.29 is 4.79 Å². The summed E-state index contributed by atoms with van der Waals surface area (Å²) in [5, 5.41) is 3.18. The first-order valence-corrected chi connectivity index (χ1v) is 6.01. The van der Waals surface area contributed by atoms with Crippen LogP contribution in [-0.2, 0) is 4.75 Å². The van der Waals surface area contributed by atoms with Gasteiger partial charge in [0.2, 0.25) is 0 Å². The fourth-order valence-electron chi connectivity index (χ4n) is 1.24. The summed E-state index contributed by atoms with van der Waals surface area (Å²) in [4.78, 5) is 11.4. The number of hydrogen-bond acceptors (Lipinski definition) is 2. The van der Waals surface area contributed by atoms with Gasteiger partial charge in [0.05, 0.1) is 4.75 Å². The fourth-order valence-corrected chi connectivity index (χ4v) is 2.19. The van der Waals surface area contributed by atoms with Crippen LogP contribution in [0.2, 0.25) is 5.02 Å². The molecule has 0 aromatic heterocycles. The fraction of sp³-hybridized carbons (Fsp3) is 0.250. The quantitative estimate of drug-likeness (QED) is 0.832. The maximum atomic E-state index is 11.4. The van der Waals surface area contributed by atoms with E-state index in [2.05, 4.69) is 11.9 Å². The van der Waals surface area contributed by atoms with Crippen molar-refractivity contribution in [3.8, 4) is 0 Å². The molecule has 0 aliphatic heterocycles. The highest BCUT2D eigenvalue weighted by Crippen LogP contribution is 2.37. The molecule has 1 rings (SSSR count). The molecule has 0 radical (unpaired) electrons. The lowest BCUT2D eigenvalue weighted by Gasteiger charge is -2.24. The van der Waals surface area contributed by atoms with E-state index in [-0.39, 0.29) is 5.24 Å². The maximum absolute atomic E-state index is 11.4. The third-order valence-electron chi connectivity index (χ3n) is 2.32. The summed E-state index contributed by atoms with van der Waals surface area (Å²) in [6.45, 7) is 5.73. The van der Waals surface area contributed by atoms with Crippen LogP contribution < -0.4 is 5.32 Å². The summed E-state index contributed by atoms with van der Waals surface area (Å²) in [6.07, 6.45) is 1.76. The lowest BCUT2D eigenvalue weighted by Crippen LogP contribution is -2.22. The summed E-state index contributed by atoms with van der Waals surface area (Å²) in [6, 6.07) is 7.42. The number of amides is 1. The molecule has 0 saturated heterocycles. The first-order chi connectivity index (χ1) is 7.51. The van der Waals surface area contributed by atoms with Crippen molar-refractivity contribution >= 4 is 28.6 Å². The zero-order chi connectivity index (χ0) is 12.2. The standard InChI is InChI=1S/C12H14ClNOS/c1-4-12(2,16-11(15)14-3)9-5-7-10(13)8-6-9/h4-8H,1H2,2-3H3,(H,14,15)/t12-/m1/s1. The summed E-state index contributed by atoms with van der Waals surface area (Å²) in [5.74, 6) is 0. The minimum atomic E-state index is -0.440. The van der Waals surface area contributed by atoms with E-state index in [0.29, 0.717) is 5.02 Å². The second kappa shape index (κ2) is 5.41. The van der Waals surface area contributed by atoms with Gasteiger partial charge >= 0.3 is 0 Å². The second-order valence-electron chi connectivity index (χ2n) is 3.46. The molecular formula is C12H14ClNOS. The van der Waals surface area contributed by atoms with Gasteiger partial charge in [-0.25, -0.2) is 0 Å². The summed E-state index contributed by atoms with van der Waals surface area (Å²) >= 11 is 7.02. The average molecular weight is 256 g/mol. The molecule has 1 atom stereocenters. The van der Waals surface area contributed by atoms with Crippen LogP contribution >= 0.6 is 23.4 Å². The van der Waals surface area contributed by atoms with E-state index < -0.39 is 4.75 Å². The predicted octanol–water partition coefficient (Wildman–Crippen LogP) is 3.81. The molecule has 1 aromatic rings. The molecule has 0 saturated carbocycles. The lowest BCUT2D eigenvalue weighted by molar-refractivity contribution is 0.262. The normalized spacial score (nSPS) is 13.9. The van der Waals surface area contributed by atoms with Crippen LogP contribution in [0.5, 0.6) is 0 Å². The zero-order valence-corrected chi connectivity index (χ0v) is 10.9. The molecule has 0 heterocycles. The van der Waals surface area contributed by atoms with E-state index in [4.69, 9.17) is 11.6 Å². The molecule has 1 amide bonds. The Hall–Kier alpha value is -0.930. The van der Waals surface area contributed by atoms with Crippen molar-refractivity contribution in [2.75, 3.05) is 7.05 Å². The molecule has 1 aromatic carbocycles. The second-order valence-corrected chi connectivity index (χ2v) is 5.32. The Kier molecular flexibility index (Phi) is 4.44. The molecule has 16 heavy (non-hydrogen) atoms. The molecule has 86 valence electrons. The van der Waals surface area contributed by atoms with Gasteiger partial charge in [-0.15, -0.1) is 6.58 Å². The zero-order valence-electron chi connectivity index (χ0n) is 9.29. The van der Waals surface area contributed by atoms with Crippen molar-refractivity contribution in [1.29, 1.82) is 0 Å². The Morgan fingerprint density at radius 1 is 1.50 bits per heavy atom. The number of nitrogens with one attached hydrogen (secondary N) is 1. The van der Waals surface area contributed by atoms with Gasteiger partial charge in [0, 0.05) is 12.1 Å². The molecule has 1 N–H and O–H groups in total. The Labute approximate surface area is 105 Å². The summed E-state index contributed by atoms with van der Waals surface area (Å²) < 4.78 is -0.440. The molecule has 4 heteroatoms. The lowest BCUT2D eigenvalue weighted by atomic mass is 10.0. The smallest absolute Gasteiger partial charge is 0.279 e. The van der Waals surface area contributed by atoms with Gasteiger partial charge in [-0.1, -0.05) is 29.8 Å². The Bertz CT molecular complexity index is 391. The van der Waals surface area contributed by atoms with Gasteiger partial charge in [0.25, 0.3) is 5.24 Å².